The lowest BCUT2D eigenvalue weighted by atomic mass is 9.98. The predicted octanol–water partition coefficient (Wildman–Crippen LogP) is 5.27. The molecule has 18 heavy (non-hydrogen) atoms. The summed E-state index contributed by atoms with van der Waals surface area (Å²) in [4.78, 5) is 0. The van der Waals surface area contributed by atoms with Gasteiger partial charge in [0.2, 0.25) is 0 Å². The molecular weight excluding hydrogens is 218 g/mol. The van der Waals surface area contributed by atoms with Crippen LogP contribution in [0.5, 0.6) is 0 Å². The second-order valence-electron chi connectivity index (χ2n) is 5.27. The second-order valence-corrected chi connectivity index (χ2v) is 5.27. The summed E-state index contributed by atoms with van der Waals surface area (Å²) < 4.78 is 0. The molecule has 1 heteroatoms. The smallest absolute Gasteiger partial charge is 0.0343 e. The molecule has 1 nitrogen and oxygen atoms in total. The van der Waals surface area contributed by atoms with Crippen molar-refractivity contribution < 1.29 is 0 Å². The molecule has 0 heterocycles. The Morgan fingerprint density at radius 3 is 2.33 bits per heavy atom. The largest absolute Gasteiger partial charge is 0.385 e. The van der Waals surface area contributed by atoms with Gasteiger partial charge < -0.3 is 5.32 Å². The first-order valence-corrected chi connectivity index (χ1v) is 7.62. The standard InChI is InChI=1S/C17H29N/c1-4-8-15-11-7-12-17(13-15)18-14-16(9-5-2)10-6-3/h7,11-13,16,18H,4-6,8-10,14H2,1-3H3. The van der Waals surface area contributed by atoms with Crippen molar-refractivity contribution in [1.82, 2.24) is 0 Å². The summed E-state index contributed by atoms with van der Waals surface area (Å²) in [6.07, 6.45) is 7.68. The van der Waals surface area contributed by atoms with Crippen molar-refractivity contribution >= 4 is 5.69 Å². The van der Waals surface area contributed by atoms with Crippen molar-refractivity contribution in [1.29, 1.82) is 0 Å². The second kappa shape index (κ2) is 9.02. The van der Waals surface area contributed by atoms with Crippen LogP contribution in [0.25, 0.3) is 0 Å². The van der Waals surface area contributed by atoms with Gasteiger partial charge in [-0.25, -0.2) is 0 Å². The molecule has 0 fully saturated rings. The number of anilines is 1. The van der Waals surface area contributed by atoms with Crippen LogP contribution in [-0.4, -0.2) is 6.54 Å². The quantitative estimate of drug-likeness (QED) is 0.627. The average molecular weight is 247 g/mol. The van der Waals surface area contributed by atoms with Crippen LogP contribution in [0, 0.1) is 5.92 Å². The van der Waals surface area contributed by atoms with Crippen LogP contribution < -0.4 is 5.32 Å². The van der Waals surface area contributed by atoms with Gasteiger partial charge in [0, 0.05) is 12.2 Å². The fraction of sp³-hybridized carbons (Fsp3) is 0.647. The first-order valence-electron chi connectivity index (χ1n) is 7.62. The molecule has 102 valence electrons. The molecule has 0 saturated carbocycles. The van der Waals surface area contributed by atoms with Gasteiger partial charge in [-0.3, -0.25) is 0 Å². The molecule has 0 atom stereocenters. The molecule has 0 radical (unpaired) electrons. The molecule has 0 unspecified atom stereocenters. The molecule has 0 bridgehead atoms. The lowest BCUT2D eigenvalue weighted by Crippen LogP contribution is -2.14. The average Bonchev–Trinajstić information content (AvgIpc) is 2.37. The summed E-state index contributed by atoms with van der Waals surface area (Å²) >= 11 is 0. The Bertz CT molecular complexity index is 313. The van der Waals surface area contributed by atoms with E-state index in [1.165, 1.54) is 49.8 Å². The van der Waals surface area contributed by atoms with Crippen molar-refractivity contribution in [2.75, 3.05) is 11.9 Å². The van der Waals surface area contributed by atoms with Crippen LogP contribution in [-0.2, 0) is 6.42 Å². The van der Waals surface area contributed by atoms with E-state index in [-0.39, 0.29) is 0 Å². The predicted molar refractivity (Wildman–Crippen MR) is 82.2 cm³/mol. The Kier molecular flexibility index (Phi) is 7.55. The lowest BCUT2D eigenvalue weighted by molar-refractivity contribution is 0.461. The molecule has 0 aliphatic carbocycles. The Balaban J connectivity index is 2.47. The Morgan fingerprint density at radius 2 is 1.72 bits per heavy atom. The molecule has 1 N–H and O–H groups in total. The molecule has 1 rings (SSSR count). The molecular formula is C17H29N. The third kappa shape index (κ3) is 5.57. The van der Waals surface area contributed by atoms with Crippen LogP contribution in [0.2, 0.25) is 0 Å². The highest BCUT2D eigenvalue weighted by Crippen LogP contribution is 2.17. The van der Waals surface area contributed by atoms with Gasteiger partial charge in [-0.05, 0) is 42.9 Å². The van der Waals surface area contributed by atoms with Crippen LogP contribution in [0.4, 0.5) is 5.69 Å². The van der Waals surface area contributed by atoms with Crippen molar-refractivity contribution in [2.24, 2.45) is 5.92 Å². The van der Waals surface area contributed by atoms with Gasteiger partial charge in [0.05, 0.1) is 0 Å². The fourth-order valence-electron chi connectivity index (χ4n) is 2.55. The zero-order valence-corrected chi connectivity index (χ0v) is 12.3. The number of rotatable bonds is 9. The van der Waals surface area contributed by atoms with E-state index in [4.69, 9.17) is 0 Å². The minimum absolute atomic E-state index is 0.829. The minimum Gasteiger partial charge on any atom is -0.385 e. The zero-order valence-electron chi connectivity index (χ0n) is 12.3. The maximum Gasteiger partial charge on any atom is 0.0343 e. The van der Waals surface area contributed by atoms with Gasteiger partial charge in [-0.1, -0.05) is 52.2 Å². The molecule has 0 saturated heterocycles. The summed E-state index contributed by atoms with van der Waals surface area (Å²) in [5.74, 6) is 0.829. The number of aryl methyl sites for hydroxylation is 1. The van der Waals surface area contributed by atoms with Gasteiger partial charge in [0.15, 0.2) is 0 Å². The van der Waals surface area contributed by atoms with Gasteiger partial charge in [0.1, 0.15) is 0 Å². The molecule has 1 aromatic rings. The van der Waals surface area contributed by atoms with E-state index in [0.29, 0.717) is 0 Å². The highest BCUT2D eigenvalue weighted by molar-refractivity contribution is 5.45. The summed E-state index contributed by atoms with van der Waals surface area (Å²) in [5, 5.41) is 3.61. The third-order valence-electron chi connectivity index (χ3n) is 3.45. The van der Waals surface area contributed by atoms with Gasteiger partial charge >= 0.3 is 0 Å². The van der Waals surface area contributed by atoms with E-state index < -0.39 is 0 Å². The molecule has 0 amide bonds. The third-order valence-corrected chi connectivity index (χ3v) is 3.45. The number of benzene rings is 1. The first-order chi connectivity index (χ1) is 8.80. The zero-order chi connectivity index (χ0) is 13.2. The van der Waals surface area contributed by atoms with Gasteiger partial charge in [0.25, 0.3) is 0 Å². The number of nitrogens with one attached hydrogen (secondary N) is 1. The van der Waals surface area contributed by atoms with Crippen LogP contribution >= 0.6 is 0 Å². The summed E-state index contributed by atoms with van der Waals surface area (Å²) in [6, 6.07) is 8.89. The van der Waals surface area contributed by atoms with Crippen LogP contribution in [0.1, 0.15) is 58.4 Å². The Morgan fingerprint density at radius 1 is 1.00 bits per heavy atom. The van der Waals surface area contributed by atoms with E-state index in [0.717, 1.165) is 12.5 Å². The molecule has 1 aromatic carbocycles. The van der Waals surface area contributed by atoms with Crippen LogP contribution in [0.15, 0.2) is 24.3 Å². The van der Waals surface area contributed by atoms with Crippen molar-refractivity contribution in [3.05, 3.63) is 29.8 Å². The maximum absolute atomic E-state index is 3.61. The SMILES string of the molecule is CCCc1cccc(NCC(CCC)CCC)c1. The number of hydrogen-bond acceptors (Lipinski definition) is 1. The normalized spacial score (nSPS) is 10.9. The van der Waals surface area contributed by atoms with E-state index in [1.807, 2.05) is 0 Å². The monoisotopic (exact) mass is 247 g/mol. The van der Waals surface area contributed by atoms with Crippen LogP contribution in [0.3, 0.4) is 0 Å². The van der Waals surface area contributed by atoms with E-state index >= 15 is 0 Å². The summed E-state index contributed by atoms with van der Waals surface area (Å²) in [5.41, 5.74) is 2.74. The van der Waals surface area contributed by atoms with E-state index in [1.54, 1.807) is 0 Å². The summed E-state index contributed by atoms with van der Waals surface area (Å²) in [7, 11) is 0. The molecule has 0 aliphatic heterocycles. The number of hydrogen-bond donors (Lipinski definition) is 1. The summed E-state index contributed by atoms with van der Waals surface area (Å²) in [6.45, 7) is 7.92. The molecule has 0 aromatic heterocycles. The fourth-order valence-corrected chi connectivity index (χ4v) is 2.55. The van der Waals surface area contributed by atoms with E-state index in [9.17, 15) is 0 Å². The van der Waals surface area contributed by atoms with Gasteiger partial charge in [-0.2, -0.15) is 0 Å². The highest BCUT2D eigenvalue weighted by Gasteiger charge is 2.06. The van der Waals surface area contributed by atoms with Crippen molar-refractivity contribution in [3.63, 3.8) is 0 Å². The van der Waals surface area contributed by atoms with Gasteiger partial charge in [-0.15, -0.1) is 0 Å². The maximum atomic E-state index is 3.61. The van der Waals surface area contributed by atoms with E-state index in [2.05, 4.69) is 50.4 Å². The first kappa shape index (κ1) is 15.1. The topological polar surface area (TPSA) is 12.0 Å². The Labute approximate surface area is 113 Å². The molecule has 0 aliphatic rings. The lowest BCUT2D eigenvalue weighted by Gasteiger charge is -2.17. The van der Waals surface area contributed by atoms with Crippen molar-refractivity contribution in [3.8, 4) is 0 Å². The minimum atomic E-state index is 0.829. The molecule has 0 spiro atoms. The highest BCUT2D eigenvalue weighted by atomic mass is 14.9. The van der Waals surface area contributed by atoms with Crippen molar-refractivity contribution in [2.45, 2.75) is 59.3 Å². The Hall–Kier alpha value is -0.980.